The van der Waals surface area contributed by atoms with Crippen molar-refractivity contribution in [2.75, 3.05) is 0 Å². The molecule has 2 heteroatoms. The number of aromatic nitrogens is 1. The summed E-state index contributed by atoms with van der Waals surface area (Å²) in [5, 5.41) is 1.17. The van der Waals surface area contributed by atoms with Gasteiger partial charge in [0, 0.05) is 17.5 Å². The highest BCUT2D eigenvalue weighted by molar-refractivity contribution is 6.03. The molecule has 2 nitrogen and oxygen atoms in total. The summed E-state index contributed by atoms with van der Waals surface area (Å²) in [5.74, 6) is 0. The molecule has 1 aliphatic rings. The second-order valence-electron chi connectivity index (χ2n) is 6.50. The molecule has 0 radical (unpaired) electrons. The van der Waals surface area contributed by atoms with Crippen molar-refractivity contribution in [3.63, 3.8) is 0 Å². The van der Waals surface area contributed by atoms with E-state index < -0.39 is 0 Å². The van der Waals surface area contributed by atoms with Gasteiger partial charge in [-0.3, -0.25) is 4.79 Å². The van der Waals surface area contributed by atoms with Gasteiger partial charge in [0.15, 0.2) is 0 Å². The summed E-state index contributed by atoms with van der Waals surface area (Å²) < 4.78 is 1.96. The van der Waals surface area contributed by atoms with E-state index in [1.54, 1.807) is 0 Å². The van der Waals surface area contributed by atoms with Crippen LogP contribution in [0.25, 0.3) is 33.2 Å². The molecule has 0 bridgehead atoms. The highest BCUT2D eigenvalue weighted by Crippen LogP contribution is 2.38. The van der Waals surface area contributed by atoms with Crippen LogP contribution in [0.2, 0.25) is 0 Å². The number of nitrogens with zero attached hydrogens (tertiary/aromatic N) is 1. The molecule has 0 spiro atoms. The van der Waals surface area contributed by atoms with E-state index in [0.29, 0.717) is 0 Å². The summed E-state index contributed by atoms with van der Waals surface area (Å²) in [6.07, 6.45) is 0.930. The number of hydrogen-bond acceptors (Lipinski definition) is 1. The monoisotopic (exact) mass is 323 g/mol. The minimum atomic E-state index is 0.113. The molecule has 2 heterocycles. The molecule has 5 rings (SSSR count). The van der Waals surface area contributed by atoms with Crippen LogP contribution in [0, 0.1) is 0 Å². The minimum Gasteiger partial charge on any atom is -0.307 e. The summed E-state index contributed by atoms with van der Waals surface area (Å²) in [6, 6.07) is 26.7. The lowest BCUT2D eigenvalue weighted by molar-refractivity contribution is 0.743. The Morgan fingerprint density at radius 2 is 1.32 bits per heavy atom. The molecule has 0 saturated heterocycles. The molecule has 0 unspecified atom stereocenters. The predicted octanol–water partition coefficient (Wildman–Crippen LogP) is 4.89. The lowest BCUT2D eigenvalue weighted by Crippen LogP contribution is -2.21. The third-order valence-electron chi connectivity index (χ3n) is 5.10. The first-order valence-corrected chi connectivity index (χ1v) is 8.64. The van der Waals surface area contributed by atoms with E-state index in [0.717, 1.165) is 40.7 Å². The fourth-order valence-corrected chi connectivity index (χ4v) is 4.01. The third kappa shape index (κ3) is 2.07. The van der Waals surface area contributed by atoms with Crippen molar-refractivity contribution in [1.82, 2.24) is 4.57 Å². The highest BCUT2D eigenvalue weighted by atomic mass is 16.1. The topological polar surface area (TPSA) is 22.0 Å². The van der Waals surface area contributed by atoms with Crippen LogP contribution in [0.1, 0.15) is 5.56 Å². The fraction of sp³-hybridized carbons (Fsp3) is 0.0870. The quantitative estimate of drug-likeness (QED) is 0.515. The molecule has 0 N–H and O–H groups in total. The van der Waals surface area contributed by atoms with E-state index in [-0.39, 0.29) is 5.56 Å². The Balaban J connectivity index is 2.01. The van der Waals surface area contributed by atoms with Gasteiger partial charge in [-0.15, -0.1) is 0 Å². The molecule has 0 aliphatic carbocycles. The molecule has 0 amide bonds. The number of aryl methyl sites for hydroxylation is 2. The number of rotatable bonds is 2. The second-order valence-corrected chi connectivity index (χ2v) is 6.50. The Morgan fingerprint density at radius 1 is 0.680 bits per heavy atom. The second kappa shape index (κ2) is 5.45. The van der Waals surface area contributed by atoms with Crippen molar-refractivity contribution in [3.05, 3.63) is 94.8 Å². The number of para-hydroxylation sites is 1. The molecule has 0 saturated carbocycles. The Kier molecular flexibility index (Phi) is 3.10. The van der Waals surface area contributed by atoms with Gasteiger partial charge in [-0.25, -0.2) is 0 Å². The van der Waals surface area contributed by atoms with Crippen LogP contribution in [0.15, 0.2) is 83.7 Å². The third-order valence-corrected chi connectivity index (χ3v) is 5.10. The molecule has 1 aromatic heterocycles. The molecular weight excluding hydrogens is 306 g/mol. The summed E-state index contributed by atoms with van der Waals surface area (Å²) in [4.78, 5) is 13.4. The first-order valence-electron chi connectivity index (χ1n) is 8.64. The lowest BCUT2D eigenvalue weighted by atomic mass is 9.91. The van der Waals surface area contributed by atoms with E-state index in [1.807, 2.05) is 53.1 Å². The molecule has 4 aromatic rings. The van der Waals surface area contributed by atoms with Crippen molar-refractivity contribution in [2.45, 2.75) is 13.0 Å². The number of pyridine rings is 1. The van der Waals surface area contributed by atoms with Gasteiger partial charge in [0.1, 0.15) is 0 Å². The predicted molar refractivity (Wildman–Crippen MR) is 103 cm³/mol. The maximum absolute atomic E-state index is 13.4. The molecule has 1 aliphatic heterocycles. The van der Waals surface area contributed by atoms with Gasteiger partial charge in [0.25, 0.3) is 5.56 Å². The summed E-state index contributed by atoms with van der Waals surface area (Å²) >= 11 is 0. The smallest absolute Gasteiger partial charge is 0.259 e. The molecule has 25 heavy (non-hydrogen) atoms. The van der Waals surface area contributed by atoms with Crippen LogP contribution in [-0.2, 0) is 13.0 Å². The standard InChI is InChI=1S/C23H17NO/c25-23-21(17-10-5-2-6-11-17)20(16-8-3-1-4-9-16)19-13-7-12-18-14-15-24(23)22(18)19/h1-13H,14-15H2. The Hall–Kier alpha value is -3.13. The van der Waals surface area contributed by atoms with Crippen LogP contribution in [-0.4, -0.2) is 4.57 Å². The average molecular weight is 323 g/mol. The van der Waals surface area contributed by atoms with Crippen LogP contribution in [0.5, 0.6) is 0 Å². The Labute approximate surface area is 146 Å². The van der Waals surface area contributed by atoms with Crippen LogP contribution in [0.3, 0.4) is 0 Å². The Morgan fingerprint density at radius 3 is 2.00 bits per heavy atom. The van der Waals surface area contributed by atoms with Crippen molar-refractivity contribution in [2.24, 2.45) is 0 Å². The first kappa shape index (κ1) is 14.2. The van der Waals surface area contributed by atoms with Crippen molar-refractivity contribution < 1.29 is 0 Å². The summed E-state index contributed by atoms with van der Waals surface area (Å²) in [5.41, 5.74) is 6.41. The SMILES string of the molecule is O=c1c(-c2ccccc2)c(-c2ccccc2)c2cccc3c2n1CC3. The minimum absolute atomic E-state index is 0.113. The maximum Gasteiger partial charge on any atom is 0.259 e. The van der Waals surface area contributed by atoms with Crippen molar-refractivity contribution in [1.29, 1.82) is 0 Å². The zero-order valence-corrected chi connectivity index (χ0v) is 13.8. The van der Waals surface area contributed by atoms with Crippen molar-refractivity contribution >= 4 is 10.9 Å². The van der Waals surface area contributed by atoms with Crippen LogP contribution in [0.4, 0.5) is 0 Å². The highest BCUT2D eigenvalue weighted by Gasteiger charge is 2.23. The summed E-state index contributed by atoms with van der Waals surface area (Å²) in [7, 11) is 0. The van der Waals surface area contributed by atoms with Gasteiger partial charge in [-0.05, 0) is 23.1 Å². The molecule has 3 aromatic carbocycles. The average Bonchev–Trinajstić information content (AvgIpc) is 3.11. The van der Waals surface area contributed by atoms with Gasteiger partial charge in [0.05, 0.1) is 11.1 Å². The van der Waals surface area contributed by atoms with Gasteiger partial charge in [-0.1, -0.05) is 78.9 Å². The molecule has 0 fully saturated rings. The van der Waals surface area contributed by atoms with E-state index in [2.05, 4.69) is 30.3 Å². The van der Waals surface area contributed by atoms with Crippen LogP contribution < -0.4 is 5.56 Å². The fourth-order valence-electron chi connectivity index (χ4n) is 4.01. The van der Waals surface area contributed by atoms with E-state index in [9.17, 15) is 4.79 Å². The number of hydrogen-bond donors (Lipinski definition) is 0. The molecular formula is C23H17NO. The largest absolute Gasteiger partial charge is 0.307 e. The number of benzene rings is 3. The lowest BCUT2D eigenvalue weighted by Gasteiger charge is -2.16. The van der Waals surface area contributed by atoms with E-state index in [1.165, 1.54) is 10.9 Å². The van der Waals surface area contributed by atoms with Crippen molar-refractivity contribution in [3.8, 4) is 22.3 Å². The zero-order chi connectivity index (χ0) is 16.8. The van der Waals surface area contributed by atoms with E-state index >= 15 is 0 Å². The normalized spacial score (nSPS) is 12.6. The molecule has 0 atom stereocenters. The molecule has 120 valence electrons. The Bertz CT molecular complexity index is 1140. The van der Waals surface area contributed by atoms with Gasteiger partial charge >= 0.3 is 0 Å². The van der Waals surface area contributed by atoms with Gasteiger partial charge in [0.2, 0.25) is 0 Å². The zero-order valence-electron chi connectivity index (χ0n) is 13.8. The maximum atomic E-state index is 13.4. The van der Waals surface area contributed by atoms with E-state index in [4.69, 9.17) is 0 Å². The first-order chi connectivity index (χ1) is 12.3. The van der Waals surface area contributed by atoms with Gasteiger partial charge < -0.3 is 4.57 Å². The van der Waals surface area contributed by atoms with Crippen LogP contribution >= 0.6 is 0 Å². The van der Waals surface area contributed by atoms with Gasteiger partial charge in [-0.2, -0.15) is 0 Å². The summed E-state index contributed by atoms with van der Waals surface area (Å²) in [6.45, 7) is 0.767.